The zero-order valence-electron chi connectivity index (χ0n) is 22.3. The molecule has 0 amide bonds. The van der Waals surface area contributed by atoms with Gasteiger partial charge in [-0.05, 0) is 67.6 Å². The van der Waals surface area contributed by atoms with Crippen molar-refractivity contribution in [3.8, 4) is 16.9 Å². The first kappa shape index (κ1) is 26.6. The van der Waals surface area contributed by atoms with E-state index in [1.807, 2.05) is 36.8 Å². The summed E-state index contributed by atoms with van der Waals surface area (Å²) in [7, 11) is -3.23. The molecule has 1 aliphatic rings. The fourth-order valence-corrected chi connectivity index (χ4v) is 5.88. The van der Waals surface area contributed by atoms with Crippen molar-refractivity contribution in [1.82, 2.24) is 18.9 Å². The van der Waals surface area contributed by atoms with Crippen molar-refractivity contribution in [3.63, 3.8) is 0 Å². The molecule has 4 N–H and O–H groups in total. The van der Waals surface area contributed by atoms with Crippen LogP contribution in [0.3, 0.4) is 0 Å². The quantitative estimate of drug-likeness (QED) is 0.236. The smallest absolute Gasteiger partial charge is 0.211 e. The largest absolute Gasteiger partial charge is 0.508 e. The number of rotatable bonds is 7. The van der Waals surface area contributed by atoms with Gasteiger partial charge in [-0.25, -0.2) is 22.2 Å². The van der Waals surface area contributed by atoms with Crippen LogP contribution in [0.4, 0.5) is 11.4 Å². The van der Waals surface area contributed by atoms with Crippen molar-refractivity contribution in [2.75, 3.05) is 24.7 Å². The highest BCUT2D eigenvalue weighted by Gasteiger charge is 2.26. The van der Waals surface area contributed by atoms with Gasteiger partial charge in [0.05, 0.1) is 34.9 Å². The predicted octanol–water partition coefficient (Wildman–Crippen LogP) is 3.85. The Balaban J connectivity index is 1.58. The zero-order chi connectivity index (χ0) is 27.7. The number of benzene rings is 1. The molecule has 4 heterocycles. The molecule has 0 radical (unpaired) electrons. The third kappa shape index (κ3) is 5.59. The zero-order valence-corrected chi connectivity index (χ0v) is 23.1. The number of nitrogens with zero attached hydrogens (tertiary/aromatic N) is 5. The van der Waals surface area contributed by atoms with Crippen LogP contribution in [0.5, 0.6) is 5.75 Å². The second kappa shape index (κ2) is 10.7. The minimum atomic E-state index is -3.23. The Morgan fingerprint density at radius 3 is 2.67 bits per heavy atom. The summed E-state index contributed by atoms with van der Waals surface area (Å²) in [5, 5.41) is 18.2. The van der Waals surface area contributed by atoms with Crippen LogP contribution in [0.25, 0.3) is 16.6 Å². The lowest BCUT2D eigenvalue weighted by molar-refractivity contribution is 0.332. The number of aromatic hydroxyl groups is 1. The Labute approximate surface area is 228 Å². The second-order valence-electron chi connectivity index (χ2n) is 9.93. The molecule has 0 aliphatic carbocycles. The first-order chi connectivity index (χ1) is 18.6. The molecular weight excluding hydrogens is 514 g/mol. The molecule has 0 atom stereocenters. The summed E-state index contributed by atoms with van der Waals surface area (Å²) in [6.07, 6.45) is 10.5. The molecule has 3 aromatic heterocycles. The molecule has 0 spiro atoms. The van der Waals surface area contributed by atoms with Gasteiger partial charge in [0.2, 0.25) is 10.0 Å². The number of fused-ring (bicyclic) bond motifs is 1. The van der Waals surface area contributed by atoms with Gasteiger partial charge in [0.25, 0.3) is 0 Å². The number of anilines is 1. The summed E-state index contributed by atoms with van der Waals surface area (Å²) < 4.78 is 27.4. The number of pyridine rings is 1. The Morgan fingerprint density at radius 1 is 1.21 bits per heavy atom. The third-order valence-corrected chi connectivity index (χ3v) is 8.52. The number of nitrogens with one attached hydrogen (secondary N) is 1. The molecule has 1 saturated heterocycles. The average Bonchev–Trinajstić information content (AvgIpc) is 3.34. The molecule has 1 fully saturated rings. The van der Waals surface area contributed by atoms with Gasteiger partial charge in [-0.2, -0.15) is 5.10 Å². The number of aryl methyl sites for hydroxylation is 2. The Bertz CT molecular complexity index is 1660. The molecule has 39 heavy (non-hydrogen) atoms. The van der Waals surface area contributed by atoms with Crippen LogP contribution >= 0.6 is 0 Å². The maximum absolute atomic E-state index is 12.0. The van der Waals surface area contributed by atoms with E-state index in [0.717, 1.165) is 33.5 Å². The van der Waals surface area contributed by atoms with E-state index in [4.69, 9.17) is 10.7 Å². The lowest BCUT2D eigenvalue weighted by Crippen LogP contribution is -2.42. The van der Waals surface area contributed by atoms with Crippen molar-refractivity contribution in [3.05, 3.63) is 71.8 Å². The molecule has 10 nitrogen and oxygen atoms in total. The predicted molar refractivity (Wildman–Crippen MR) is 154 cm³/mol. The highest BCUT2D eigenvalue weighted by Crippen LogP contribution is 2.32. The molecular formula is C28H33N7O3S. The number of piperidine rings is 1. The Kier molecular flexibility index (Phi) is 7.28. The molecule has 0 bridgehead atoms. The summed E-state index contributed by atoms with van der Waals surface area (Å²) >= 11 is 0. The van der Waals surface area contributed by atoms with E-state index in [0.29, 0.717) is 49.4 Å². The number of nitrogens with two attached hydrogens (primary N) is 1. The molecule has 1 aliphatic heterocycles. The van der Waals surface area contributed by atoms with Crippen molar-refractivity contribution >= 4 is 32.8 Å². The summed E-state index contributed by atoms with van der Waals surface area (Å²) in [6, 6.07) is 9.11. The van der Waals surface area contributed by atoms with Gasteiger partial charge in [-0.15, -0.1) is 0 Å². The van der Waals surface area contributed by atoms with E-state index in [9.17, 15) is 13.5 Å². The van der Waals surface area contributed by atoms with Crippen molar-refractivity contribution in [2.24, 2.45) is 10.7 Å². The van der Waals surface area contributed by atoms with Gasteiger partial charge < -0.3 is 16.2 Å². The van der Waals surface area contributed by atoms with Gasteiger partial charge in [-0.1, -0.05) is 6.92 Å². The number of phenols is 1. The van der Waals surface area contributed by atoms with Crippen LogP contribution in [-0.4, -0.2) is 63.7 Å². The van der Waals surface area contributed by atoms with E-state index in [1.165, 1.54) is 10.6 Å². The summed E-state index contributed by atoms with van der Waals surface area (Å²) in [5.41, 5.74) is 13.5. The van der Waals surface area contributed by atoms with Gasteiger partial charge in [0.1, 0.15) is 11.6 Å². The fraction of sp³-hybridized carbons (Fsp3) is 0.321. The van der Waals surface area contributed by atoms with Crippen LogP contribution in [0.2, 0.25) is 0 Å². The maximum Gasteiger partial charge on any atom is 0.211 e. The second-order valence-corrected chi connectivity index (χ2v) is 11.9. The van der Waals surface area contributed by atoms with E-state index in [1.54, 1.807) is 30.6 Å². The average molecular weight is 548 g/mol. The van der Waals surface area contributed by atoms with Crippen LogP contribution in [0, 0.1) is 6.92 Å². The molecule has 11 heteroatoms. The number of hydrogen-bond donors (Lipinski definition) is 3. The van der Waals surface area contributed by atoms with Crippen molar-refractivity contribution in [2.45, 2.75) is 39.2 Å². The van der Waals surface area contributed by atoms with Gasteiger partial charge >= 0.3 is 0 Å². The third-order valence-electron chi connectivity index (χ3n) is 7.22. The molecule has 0 unspecified atom stereocenters. The topological polar surface area (TPSA) is 138 Å². The number of aliphatic imine (C=N–C) groups is 1. The molecule has 0 saturated carbocycles. The molecule has 1 aromatic carbocycles. The van der Waals surface area contributed by atoms with E-state index >= 15 is 0 Å². The Hall–Kier alpha value is -3.96. The summed E-state index contributed by atoms with van der Waals surface area (Å²) in [4.78, 5) is 9.02. The number of sulfonamides is 1. The number of hydrogen-bond acceptors (Lipinski definition) is 7. The SMILES string of the molecule is CCc1cc(O)ccc1/N=C(\N)c1cnn2cc(-c3cnccc3C)cc2c1NC1CCN(S(C)(=O)=O)CC1. The minimum Gasteiger partial charge on any atom is -0.508 e. The number of phenolic OH excluding ortho intramolecular Hbond substituents is 1. The van der Waals surface area contributed by atoms with E-state index < -0.39 is 10.0 Å². The highest BCUT2D eigenvalue weighted by atomic mass is 32.2. The molecule has 204 valence electrons. The first-order valence-electron chi connectivity index (χ1n) is 12.9. The highest BCUT2D eigenvalue weighted by molar-refractivity contribution is 7.88. The summed E-state index contributed by atoms with van der Waals surface area (Å²) in [6.45, 7) is 4.94. The van der Waals surface area contributed by atoms with Crippen molar-refractivity contribution in [1.29, 1.82) is 0 Å². The van der Waals surface area contributed by atoms with Crippen LogP contribution in [-0.2, 0) is 16.4 Å². The monoisotopic (exact) mass is 547 g/mol. The van der Waals surface area contributed by atoms with Crippen LogP contribution in [0.15, 0.2) is 60.1 Å². The number of amidine groups is 1. The van der Waals surface area contributed by atoms with Crippen LogP contribution in [0.1, 0.15) is 36.5 Å². The molecule has 4 aromatic rings. The number of aromatic nitrogens is 3. The fourth-order valence-electron chi connectivity index (χ4n) is 5.01. The standard InChI is InChI=1S/C28H33N7O3S/c1-4-19-13-22(36)5-6-25(19)33-28(29)24-16-31-35-17-20(23-15-30-10-7-18(23)2)14-26(35)27(24)32-21-8-11-34(12-9-21)39(3,37)38/h5-7,10,13-17,21,32,36H,4,8-9,11-12H2,1-3H3,(H2,29,33). The normalized spacial score (nSPS) is 15.6. The minimum absolute atomic E-state index is 0.0408. The lowest BCUT2D eigenvalue weighted by Gasteiger charge is -2.31. The maximum atomic E-state index is 12.0. The Morgan fingerprint density at radius 2 is 1.97 bits per heavy atom. The van der Waals surface area contributed by atoms with Crippen LogP contribution < -0.4 is 11.1 Å². The van der Waals surface area contributed by atoms with Crippen molar-refractivity contribution < 1.29 is 13.5 Å². The molecule has 5 rings (SSSR count). The van der Waals surface area contributed by atoms with Gasteiger partial charge in [0.15, 0.2) is 0 Å². The van der Waals surface area contributed by atoms with Gasteiger partial charge in [-0.3, -0.25) is 4.98 Å². The van der Waals surface area contributed by atoms with Gasteiger partial charge in [0, 0.05) is 48.8 Å². The summed E-state index contributed by atoms with van der Waals surface area (Å²) in [5.74, 6) is 0.475. The van der Waals surface area contributed by atoms with E-state index in [-0.39, 0.29) is 11.8 Å². The first-order valence-corrected chi connectivity index (χ1v) is 14.8. The van der Waals surface area contributed by atoms with E-state index in [2.05, 4.69) is 21.5 Å². The lowest BCUT2D eigenvalue weighted by atomic mass is 10.0.